The second kappa shape index (κ2) is 4.09. The second-order valence-electron chi connectivity index (χ2n) is 5.00. The Labute approximate surface area is 101 Å². The second-order valence-corrected chi connectivity index (χ2v) is 5.00. The Morgan fingerprint density at radius 3 is 2.65 bits per heavy atom. The molecular formula is C13H17N3O. The molecule has 1 aromatic rings. The van der Waals surface area contributed by atoms with E-state index in [0.717, 1.165) is 37.4 Å². The number of hydrogen-bond donors (Lipinski definition) is 0. The average molecular weight is 231 g/mol. The zero-order valence-electron chi connectivity index (χ0n) is 10.1. The lowest BCUT2D eigenvalue weighted by Gasteiger charge is -2.16. The van der Waals surface area contributed by atoms with Crippen LogP contribution in [0.5, 0.6) is 0 Å². The van der Waals surface area contributed by atoms with Crippen molar-refractivity contribution in [1.29, 1.82) is 0 Å². The largest absolute Gasteiger partial charge is 0.339 e. The molecule has 1 amide bonds. The molecule has 90 valence electrons. The molecular weight excluding hydrogens is 214 g/mol. The van der Waals surface area contributed by atoms with Gasteiger partial charge in [-0.3, -0.25) is 4.79 Å². The molecule has 1 aliphatic carbocycles. The van der Waals surface area contributed by atoms with Crippen molar-refractivity contribution >= 4 is 5.91 Å². The molecule has 4 nitrogen and oxygen atoms in total. The number of likely N-dealkylation sites (tertiary alicyclic amines) is 1. The van der Waals surface area contributed by atoms with Gasteiger partial charge in [0.1, 0.15) is 5.82 Å². The summed E-state index contributed by atoms with van der Waals surface area (Å²) >= 11 is 0. The van der Waals surface area contributed by atoms with E-state index in [9.17, 15) is 4.79 Å². The van der Waals surface area contributed by atoms with E-state index in [1.54, 1.807) is 6.20 Å². The number of carbonyl (C=O) groups excluding carboxylic acids is 1. The molecule has 1 saturated carbocycles. The van der Waals surface area contributed by atoms with Gasteiger partial charge < -0.3 is 4.90 Å². The Kier molecular flexibility index (Phi) is 2.57. The molecule has 0 bridgehead atoms. The van der Waals surface area contributed by atoms with Crippen molar-refractivity contribution in [3.63, 3.8) is 0 Å². The van der Waals surface area contributed by atoms with Crippen LogP contribution < -0.4 is 0 Å². The summed E-state index contributed by atoms with van der Waals surface area (Å²) in [5.41, 5.74) is 1.51. The summed E-state index contributed by atoms with van der Waals surface area (Å²) in [6.45, 7) is 3.67. The zero-order valence-corrected chi connectivity index (χ0v) is 10.1. The molecule has 1 aliphatic heterocycles. The van der Waals surface area contributed by atoms with Crippen molar-refractivity contribution in [3.8, 4) is 0 Å². The minimum Gasteiger partial charge on any atom is -0.339 e. The highest BCUT2D eigenvalue weighted by Gasteiger charge is 2.28. The van der Waals surface area contributed by atoms with Crippen LogP contribution in [0.25, 0.3) is 0 Å². The van der Waals surface area contributed by atoms with Crippen LogP contribution in [0.1, 0.15) is 53.5 Å². The Morgan fingerprint density at radius 1 is 1.35 bits per heavy atom. The van der Waals surface area contributed by atoms with Gasteiger partial charge in [-0.25, -0.2) is 9.97 Å². The van der Waals surface area contributed by atoms with Crippen LogP contribution >= 0.6 is 0 Å². The molecule has 2 fully saturated rings. The van der Waals surface area contributed by atoms with Gasteiger partial charge in [-0.2, -0.15) is 0 Å². The van der Waals surface area contributed by atoms with Crippen LogP contribution in [-0.2, 0) is 0 Å². The summed E-state index contributed by atoms with van der Waals surface area (Å²) in [4.78, 5) is 22.9. The summed E-state index contributed by atoms with van der Waals surface area (Å²) in [5.74, 6) is 1.56. The van der Waals surface area contributed by atoms with Gasteiger partial charge in [-0.1, -0.05) is 0 Å². The Morgan fingerprint density at radius 2 is 2.06 bits per heavy atom. The lowest BCUT2D eigenvalue weighted by atomic mass is 10.2. The Balaban J connectivity index is 1.84. The van der Waals surface area contributed by atoms with E-state index < -0.39 is 0 Å². The van der Waals surface area contributed by atoms with E-state index in [1.165, 1.54) is 12.8 Å². The van der Waals surface area contributed by atoms with E-state index in [2.05, 4.69) is 9.97 Å². The first kappa shape index (κ1) is 10.7. The van der Waals surface area contributed by atoms with E-state index >= 15 is 0 Å². The first-order valence-corrected chi connectivity index (χ1v) is 6.38. The molecule has 4 heteroatoms. The fourth-order valence-corrected chi connectivity index (χ4v) is 2.32. The summed E-state index contributed by atoms with van der Waals surface area (Å²) in [6.07, 6.45) is 6.34. The number of nitrogens with zero attached hydrogens (tertiary/aromatic N) is 3. The molecule has 0 N–H and O–H groups in total. The van der Waals surface area contributed by atoms with Crippen molar-refractivity contribution in [3.05, 3.63) is 23.3 Å². The first-order chi connectivity index (χ1) is 8.25. The number of amides is 1. The van der Waals surface area contributed by atoms with Gasteiger partial charge in [-0.05, 0) is 32.6 Å². The smallest absolute Gasteiger partial charge is 0.257 e. The third-order valence-electron chi connectivity index (χ3n) is 3.56. The van der Waals surface area contributed by atoms with Crippen molar-refractivity contribution in [2.75, 3.05) is 13.1 Å². The quantitative estimate of drug-likeness (QED) is 0.781. The van der Waals surface area contributed by atoms with Crippen molar-refractivity contribution in [1.82, 2.24) is 14.9 Å². The van der Waals surface area contributed by atoms with Crippen molar-refractivity contribution in [2.24, 2.45) is 0 Å². The Bertz CT molecular complexity index is 448. The lowest BCUT2D eigenvalue weighted by Crippen LogP contribution is -2.28. The molecule has 0 spiro atoms. The summed E-state index contributed by atoms with van der Waals surface area (Å²) in [5, 5.41) is 0. The topological polar surface area (TPSA) is 46.1 Å². The molecule has 2 aliphatic rings. The number of aromatic nitrogens is 2. The highest BCUT2D eigenvalue weighted by molar-refractivity contribution is 5.95. The maximum Gasteiger partial charge on any atom is 0.257 e. The normalized spacial score (nSPS) is 19.7. The molecule has 0 aromatic carbocycles. The lowest BCUT2D eigenvalue weighted by molar-refractivity contribution is 0.0791. The number of carbonyl (C=O) groups is 1. The molecule has 0 atom stereocenters. The first-order valence-electron chi connectivity index (χ1n) is 6.38. The van der Waals surface area contributed by atoms with Gasteiger partial charge in [0.15, 0.2) is 0 Å². The van der Waals surface area contributed by atoms with Crippen LogP contribution in [0.2, 0.25) is 0 Å². The fourth-order valence-electron chi connectivity index (χ4n) is 2.32. The van der Waals surface area contributed by atoms with E-state index in [4.69, 9.17) is 0 Å². The van der Waals surface area contributed by atoms with Crippen molar-refractivity contribution < 1.29 is 4.79 Å². The summed E-state index contributed by atoms with van der Waals surface area (Å²) in [7, 11) is 0. The SMILES string of the molecule is Cc1nc(C2CC2)ncc1C(=O)N1CCCC1. The molecule has 0 radical (unpaired) electrons. The third kappa shape index (κ3) is 2.04. The number of rotatable bonds is 2. The van der Waals surface area contributed by atoms with E-state index in [1.807, 2.05) is 11.8 Å². The van der Waals surface area contributed by atoms with Crippen LogP contribution in [0.15, 0.2) is 6.20 Å². The predicted molar refractivity (Wildman–Crippen MR) is 63.9 cm³/mol. The van der Waals surface area contributed by atoms with Gasteiger partial charge in [0.2, 0.25) is 0 Å². The van der Waals surface area contributed by atoms with Gasteiger partial charge in [0.25, 0.3) is 5.91 Å². The van der Waals surface area contributed by atoms with Gasteiger partial charge >= 0.3 is 0 Å². The van der Waals surface area contributed by atoms with Gasteiger partial charge in [0, 0.05) is 25.2 Å². The average Bonchev–Trinajstić information content (AvgIpc) is 3.03. The monoisotopic (exact) mass is 231 g/mol. The predicted octanol–water partition coefficient (Wildman–Crippen LogP) is 1.90. The molecule has 1 saturated heterocycles. The standard InChI is InChI=1S/C13H17N3O/c1-9-11(13(17)16-6-2-3-7-16)8-14-12(15-9)10-4-5-10/h8,10H,2-7H2,1H3. The molecule has 3 rings (SSSR count). The highest BCUT2D eigenvalue weighted by atomic mass is 16.2. The third-order valence-corrected chi connectivity index (χ3v) is 3.56. The fraction of sp³-hybridized carbons (Fsp3) is 0.615. The zero-order chi connectivity index (χ0) is 11.8. The van der Waals surface area contributed by atoms with Crippen LogP contribution in [0.3, 0.4) is 0 Å². The molecule has 2 heterocycles. The van der Waals surface area contributed by atoms with Crippen molar-refractivity contribution in [2.45, 2.75) is 38.5 Å². The highest BCUT2D eigenvalue weighted by Crippen LogP contribution is 2.38. The van der Waals surface area contributed by atoms with Gasteiger partial charge in [-0.15, -0.1) is 0 Å². The molecule has 0 unspecified atom stereocenters. The summed E-state index contributed by atoms with van der Waals surface area (Å²) in [6, 6.07) is 0. The molecule has 17 heavy (non-hydrogen) atoms. The number of hydrogen-bond acceptors (Lipinski definition) is 3. The van der Waals surface area contributed by atoms with Crippen LogP contribution in [0.4, 0.5) is 0 Å². The minimum absolute atomic E-state index is 0.0994. The minimum atomic E-state index is 0.0994. The Hall–Kier alpha value is -1.45. The van der Waals surface area contributed by atoms with Crippen LogP contribution in [-0.4, -0.2) is 33.9 Å². The maximum absolute atomic E-state index is 12.2. The van der Waals surface area contributed by atoms with Gasteiger partial charge in [0.05, 0.1) is 11.3 Å². The van der Waals surface area contributed by atoms with E-state index in [-0.39, 0.29) is 5.91 Å². The van der Waals surface area contributed by atoms with Crippen LogP contribution in [0, 0.1) is 6.92 Å². The summed E-state index contributed by atoms with van der Waals surface area (Å²) < 4.78 is 0. The molecule has 1 aromatic heterocycles. The number of aryl methyl sites for hydroxylation is 1. The van der Waals surface area contributed by atoms with E-state index in [0.29, 0.717) is 11.5 Å². The maximum atomic E-state index is 12.2.